The average molecular weight is 287 g/mol. The molecule has 0 aliphatic carbocycles. The van der Waals surface area contributed by atoms with Crippen LogP contribution in [0.5, 0.6) is 0 Å². The van der Waals surface area contributed by atoms with E-state index >= 15 is 0 Å². The first kappa shape index (κ1) is 13.5. The van der Waals surface area contributed by atoms with Gasteiger partial charge < -0.3 is 5.32 Å². The van der Waals surface area contributed by atoms with Crippen molar-refractivity contribution in [3.05, 3.63) is 72.3 Å². The van der Waals surface area contributed by atoms with Gasteiger partial charge in [0.05, 0.1) is 5.56 Å². The number of rotatable bonds is 2. The Bertz CT molecular complexity index is 756. The Morgan fingerprint density at radius 1 is 0.714 bits per heavy atom. The summed E-state index contributed by atoms with van der Waals surface area (Å²) in [6.45, 7) is 0. The van der Waals surface area contributed by atoms with Gasteiger partial charge in [0.25, 0.3) is 0 Å². The van der Waals surface area contributed by atoms with Crippen LogP contribution in [0.2, 0.25) is 0 Å². The van der Waals surface area contributed by atoms with Gasteiger partial charge in [-0.1, -0.05) is 36.4 Å². The summed E-state index contributed by atoms with van der Waals surface area (Å²) in [4.78, 5) is 0. The molecule has 0 amide bonds. The molecule has 1 N–H and O–H groups in total. The second kappa shape index (κ2) is 5.13. The van der Waals surface area contributed by atoms with E-state index in [9.17, 15) is 13.2 Å². The van der Waals surface area contributed by atoms with E-state index in [4.69, 9.17) is 0 Å². The third kappa shape index (κ3) is 2.84. The highest BCUT2D eigenvalue weighted by atomic mass is 19.4. The van der Waals surface area contributed by atoms with Crippen molar-refractivity contribution in [2.75, 3.05) is 5.32 Å². The van der Waals surface area contributed by atoms with E-state index in [1.54, 1.807) is 0 Å². The van der Waals surface area contributed by atoms with Gasteiger partial charge in [0.1, 0.15) is 0 Å². The van der Waals surface area contributed by atoms with Crippen LogP contribution in [0, 0.1) is 0 Å². The Kier molecular flexibility index (Phi) is 3.29. The van der Waals surface area contributed by atoms with Gasteiger partial charge in [-0.25, -0.2) is 0 Å². The number of benzene rings is 3. The third-order valence-electron chi connectivity index (χ3n) is 3.28. The molecule has 0 aromatic heterocycles. The van der Waals surface area contributed by atoms with Crippen molar-refractivity contribution < 1.29 is 13.2 Å². The zero-order valence-corrected chi connectivity index (χ0v) is 11.0. The Labute approximate surface area is 120 Å². The Balaban J connectivity index is 1.92. The maximum Gasteiger partial charge on any atom is 0.416 e. The van der Waals surface area contributed by atoms with Crippen molar-refractivity contribution in [2.24, 2.45) is 0 Å². The highest BCUT2D eigenvalue weighted by Crippen LogP contribution is 2.31. The quantitative estimate of drug-likeness (QED) is 0.646. The van der Waals surface area contributed by atoms with E-state index in [-0.39, 0.29) is 0 Å². The molecule has 0 aliphatic rings. The topological polar surface area (TPSA) is 12.0 Å². The summed E-state index contributed by atoms with van der Waals surface area (Å²) in [5, 5.41) is 5.26. The molecule has 0 unspecified atom stereocenters. The summed E-state index contributed by atoms with van der Waals surface area (Å²) in [6, 6.07) is 18.7. The van der Waals surface area contributed by atoms with E-state index in [0.29, 0.717) is 5.69 Å². The van der Waals surface area contributed by atoms with Gasteiger partial charge in [-0.3, -0.25) is 0 Å². The van der Waals surface area contributed by atoms with Crippen molar-refractivity contribution in [1.82, 2.24) is 0 Å². The summed E-state index contributed by atoms with van der Waals surface area (Å²) in [6.07, 6.45) is -4.31. The van der Waals surface area contributed by atoms with Crippen LogP contribution in [0.25, 0.3) is 10.8 Å². The number of halogens is 3. The van der Waals surface area contributed by atoms with Crippen LogP contribution >= 0.6 is 0 Å². The van der Waals surface area contributed by atoms with Gasteiger partial charge in [-0.2, -0.15) is 13.2 Å². The van der Waals surface area contributed by atoms with Crippen molar-refractivity contribution in [3.8, 4) is 0 Å². The normalized spacial score (nSPS) is 11.6. The minimum atomic E-state index is -4.31. The molecule has 0 aliphatic heterocycles. The van der Waals surface area contributed by atoms with Crippen LogP contribution in [-0.2, 0) is 6.18 Å². The van der Waals surface area contributed by atoms with Crippen molar-refractivity contribution in [2.45, 2.75) is 6.18 Å². The van der Waals surface area contributed by atoms with E-state index in [1.807, 2.05) is 42.5 Å². The summed E-state index contributed by atoms with van der Waals surface area (Å²) in [5.74, 6) is 0. The fourth-order valence-corrected chi connectivity index (χ4v) is 2.23. The molecule has 106 valence electrons. The molecule has 0 heterocycles. The van der Waals surface area contributed by atoms with Crippen LogP contribution < -0.4 is 5.32 Å². The van der Waals surface area contributed by atoms with Crippen LogP contribution in [0.3, 0.4) is 0 Å². The van der Waals surface area contributed by atoms with Crippen LogP contribution in [0.1, 0.15) is 5.56 Å². The molecule has 0 atom stereocenters. The highest BCUT2D eigenvalue weighted by molar-refractivity contribution is 5.95. The second-order valence-electron chi connectivity index (χ2n) is 4.73. The van der Waals surface area contributed by atoms with Gasteiger partial charge in [0, 0.05) is 16.8 Å². The first-order valence-corrected chi connectivity index (χ1v) is 6.46. The van der Waals surface area contributed by atoms with Gasteiger partial charge in [0.2, 0.25) is 0 Å². The summed E-state index contributed by atoms with van der Waals surface area (Å²) < 4.78 is 37.6. The molecule has 0 saturated carbocycles. The molecule has 3 aromatic carbocycles. The number of hydrogen-bond donors (Lipinski definition) is 1. The Morgan fingerprint density at radius 3 is 2.10 bits per heavy atom. The number of hydrogen-bond acceptors (Lipinski definition) is 1. The summed E-state index contributed by atoms with van der Waals surface area (Å²) in [5.41, 5.74) is 0.846. The molecule has 0 saturated heterocycles. The first-order chi connectivity index (χ1) is 10.0. The van der Waals surface area contributed by atoms with Crippen molar-refractivity contribution in [3.63, 3.8) is 0 Å². The lowest BCUT2D eigenvalue weighted by molar-refractivity contribution is -0.137. The Morgan fingerprint density at radius 2 is 1.38 bits per heavy atom. The molecule has 0 radical (unpaired) electrons. The number of fused-ring (bicyclic) bond motifs is 1. The smallest absolute Gasteiger partial charge is 0.355 e. The molecule has 0 fully saturated rings. The third-order valence-corrected chi connectivity index (χ3v) is 3.28. The SMILES string of the molecule is FC(F)(F)c1ccc(Nc2cccc3ccccc23)cc1. The fraction of sp³-hybridized carbons (Fsp3) is 0.0588. The average Bonchev–Trinajstić information content (AvgIpc) is 2.47. The van der Waals surface area contributed by atoms with E-state index in [2.05, 4.69) is 5.32 Å². The molecule has 0 bridgehead atoms. The number of nitrogens with one attached hydrogen (secondary N) is 1. The molecule has 3 rings (SSSR count). The molecule has 1 nitrogen and oxygen atoms in total. The largest absolute Gasteiger partial charge is 0.416 e. The van der Waals surface area contributed by atoms with Gasteiger partial charge in [0.15, 0.2) is 0 Å². The minimum Gasteiger partial charge on any atom is -0.355 e. The molecule has 21 heavy (non-hydrogen) atoms. The van der Waals surface area contributed by atoms with Gasteiger partial charge in [-0.05, 0) is 35.7 Å². The van der Waals surface area contributed by atoms with Crippen molar-refractivity contribution in [1.29, 1.82) is 0 Å². The monoisotopic (exact) mass is 287 g/mol. The fourth-order valence-electron chi connectivity index (χ4n) is 2.23. The zero-order valence-electron chi connectivity index (χ0n) is 11.0. The molecule has 3 aromatic rings. The van der Waals surface area contributed by atoms with E-state index < -0.39 is 11.7 Å². The number of alkyl halides is 3. The Hall–Kier alpha value is -2.49. The van der Waals surface area contributed by atoms with E-state index in [0.717, 1.165) is 28.6 Å². The number of anilines is 2. The summed E-state index contributed by atoms with van der Waals surface area (Å²) >= 11 is 0. The minimum absolute atomic E-state index is 0.624. The first-order valence-electron chi connectivity index (χ1n) is 6.46. The predicted octanol–water partition coefficient (Wildman–Crippen LogP) is 5.60. The molecule has 0 spiro atoms. The van der Waals surface area contributed by atoms with Crippen LogP contribution in [0.4, 0.5) is 24.5 Å². The van der Waals surface area contributed by atoms with Crippen molar-refractivity contribution >= 4 is 22.1 Å². The summed E-state index contributed by atoms with van der Waals surface area (Å²) in [7, 11) is 0. The maximum absolute atomic E-state index is 12.5. The van der Waals surface area contributed by atoms with Gasteiger partial charge >= 0.3 is 6.18 Å². The second-order valence-corrected chi connectivity index (χ2v) is 4.73. The van der Waals surface area contributed by atoms with Gasteiger partial charge in [-0.15, -0.1) is 0 Å². The van der Waals surface area contributed by atoms with Crippen LogP contribution in [-0.4, -0.2) is 0 Å². The zero-order chi connectivity index (χ0) is 14.9. The lowest BCUT2D eigenvalue weighted by atomic mass is 10.1. The molecular weight excluding hydrogens is 275 g/mol. The molecule has 4 heteroatoms. The van der Waals surface area contributed by atoms with E-state index in [1.165, 1.54) is 12.1 Å². The molecular formula is C17H12F3N. The maximum atomic E-state index is 12.5. The standard InChI is InChI=1S/C17H12F3N/c18-17(19,20)13-8-10-14(11-9-13)21-16-7-3-5-12-4-1-2-6-15(12)16/h1-11,21H. The lowest BCUT2D eigenvalue weighted by Gasteiger charge is -2.11. The van der Waals surface area contributed by atoms with Crippen LogP contribution in [0.15, 0.2) is 66.7 Å². The lowest BCUT2D eigenvalue weighted by Crippen LogP contribution is -2.04. The predicted molar refractivity (Wildman–Crippen MR) is 78.7 cm³/mol. The highest BCUT2D eigenvalue weighted by Gasteiger charge is 2.29.